The number of aryl methyl sites for hydroxylation is 1. The number of hydrogen-bond acceptors (Lipinski definition) is 3. The van der Waals surface area contributed by atoms with Gasteiger partial charge in [0, 0.05) is 19.6 Å². The van der Waals surface area contributed by atoms with Crippen LogP contribution in [0.15, 0.2) is 24.3 Å². The molecule has 0 spiro atoms. The van der Waals surface area contributed by atoms with Gasteiger partial charge in [0.2, 0.25) is 0 Å². The number of hydrogen-bond donors (Lipinski definition) is 0. The Morgan fingerprint density at radius 1 is 1.18 bits per heavy atom. The third-order valence-electron chi connectivity index (χ3n) is 3.24. The van der Waals surface area contributed by atoms with Crippen molar-refractivity contribution < 1.29 is 8.42 Å². The van der Waals surface area contributed by atoms with Crippen LogP contribution >= 0.6 is 0 Å². The first-order valence-corrected chi connectivity index (χ1v) is 7.92. The molecule has 1 aliphatic rings. The van der Waals surface area contributed by atoms with Crippen LogP contribution in [0.2, 0.25) is 0 Å². The second-order valence-corrected chi connectivity index (χ2v) is 6.91. The minimum absolute atomic E-state index is 0.306. The molecule has 17 heavy (non-hydrogen) atoms. The highest BCUT2D eigenvalue weighted by atomic mass is 32.2. The fourth-order valence-corrected chi connectivity index (χ4v) is 3.39. The van der Waals surface area contributed by atoms with Crippen LogP contribution in [0.3, 0.4) is 0 Å². The molecule has 0 aromatic heterocycles. The second kappa shape index (κ2) is 5.19. The Hall–Kier alpha value is -0.870. The molecule has 0 aliphatic carbocycles. The first kappa shape index (κ1) is 12.6. The maximum absolute atomic E-state index is 11.3. The van der Waals surface area contributed by atoms with Crippen molar-refractivity contribution in [1.29, 1.82) is 0 Å². The molecule has 1 heterocycles. The Kier molecular flexibility index (Phi) is 3.84. The molecule has 0 bridgehead atoms. The lowest BCUT2D eigenvalue weighted by Gasteiger charge is -2.26. The van der Waals surface area contributed by atoms with Crippen molar-refractivity contribution in [2.45, 2.75) is 19.9 Å². The SMILES string of the molecule is CCc1cccc(CN2CCS(=O)(=O)CC2)c1. The van der Waals surface area contributed by atoms with E-state index in [1.165, 1.54) is 11.1 Å². The summed E-state index contributed by atoms with van der Waals surface area (Å²) in [4.78, 5) is 2.22. The van der Waals surface area contributed by atoms with Crippen LogP contribution in [-0.4, -0.2) is 37.9 Å². The minimum atomic E-state index is -2.76. The largest absolute Gasteiger partial charge is 0.297 e. The minimum Gasteiger partial charge on any atom is -0.297 e. The lowest BCUT2D eigenvalue weighted by Crippen LogP contribution is -2.39. The summed E-state index contributed by atoms with van der Waals surface area (Å²) < 4.78 is 22.6. The molecule has 1 aromatic carbocycles. The molecule has 0 radical (unpaired) electrons. The van der Waals surface area contributed by atoms with E-state index in [1.54, 1.807) is 0 Å². The molecule has 4 heteroatoms. The summed E-state index contributed by atoms with van der Waals surface area (Å²) >= 11 is 0. The van der Waals surface area contributed by atoms with Gasteiger partial charge in [-0.1, -0.05) is 31.2 Å². The van der Waals surface area contributed by atoms with Crippen molar-refractivity contribution >= 4 is 9.84 Å². The Morgan fingerprint density at radius 3 is 2.47 bits per heavy atom. The van der Waals surface area contributed by atoms with Gasteiger partial charge in [-0.25, -0.2) is 8.42 Å². The Morgan fingerprint density at radius 2 is 1.82 bits per heavy atom. The smallest absolute Gasteiger partial charge is 0.152 e. The van der Waals surface area contributed by atoms with Crippen molar-refractivity contribution in [1.82, 2.24) is 4.90 Å². The van der Waals surface area contributed by atoms with E-state index in [2.05, 4.69) is 36.1 Å². The van der Waals surface area contributed by atoms with Crippen LogP contribution < -0.4 is 0 Å². The van der Waals surface area contributed by atoms with E-state index in [0.29, 0.717) is 24.6 Å². The van der Waals surface area contributed by atoms with Crippen LogP contribution in [0.25, 0.3) is 0 Å². The van der Waals surface area contributed by atoms with E-state index in [9.17, 15) is 8.42 Å². The normalized spacial score (nSPS) is 20.3. The van der Waals surface area contributed by atoms with E-state index >= 15 is 0 Å². The van der Waals surface area contributed by atoms with Gasteiger partial charge in [0.25, 0.3) is 0 Å². The average molecular weight is 253 g/mol. The average Bonchev–Trinajstić information content (AvgIpc) is 2.32. The monoisotopic (exact) mass is 253 g/mol. The van der Waals surface area contributed by atoms with E-state index < -0.39 is 9.84 Å². The lowest BCUT2D eigenvalue weighted by atomic mass is 10.1. The Balaban J connectivity index is 1.97. The molecule has 1 fully saturated rings. The highest BCUT2D eigenvalue weighted by Crippen LogP contribution is 2.11. The van der Waals surface area contributed by atoms with Crippen LogP contribution in [-0.2, 0) is 22.8 Å². The fourth-order valence-electron chi connectivity index (χ4n) is 2.11. The summed E-state index contributed by atoms with van der Waals surface area (Å²) in [6.07, 6.45) is 1.04. The zero-order valence-corrected chi connectivity index (χ0v) is 11.0. The number of sulfone groups is 1. The molecule has 1 aromatic rings. The Bertz CT molecular complexity index is 468. The second-order valence-electron chi connectivity index (χ2n) is 4.60. The Labute approximate surface area is 103 Å². The van der Waals surface area contributed by atoms with E-state index in [4.69, 9.17) is 0 Å². The topological polar surface area (TPSA) is 37.4 Å². The molecule has 1 aliphatic heterocycles. The first-order valence-electron chi connectivity index (χ1n) is 6.09. The van der Waals surface area contributed by atoms with Crippen molar-refractivity contribution in [2.75, 3.05) is 24.6 Å². The van der Waals surface area contributed by atoms with Crippen molar-refractivity contribution in [3.63, 3.8) is 0 Å². The van der Waals surface area contributed by atoms with Crippen molar-refractivity contribution in [3.05, 3.63) is 35.4 Å². The molecule has 0 amide bonds. The van der Waals surface area contributed by atoms with Gasteiger partial charge in [-0.2, -0.15) is 0 Å². The van der Waals surface area contributed by atoms with E-state index in [-0.39, 0.29) is 0 Å². The van der Waals surface area contributed by atoms with Gasteiger partial charge in [0.05, 0.1) is 11.5 Å². The van der Waals surface area contributed by atoms with Gasteiger partial charge in [0.15, 0.2) is 9.84 Å². The fraction of sp³-hybridized carbons (Fsp3) is 0.538. The molecule has 0 unspecified atom stereocenters. The summed E-state index contributed by atoms with van der Waals surface area (Å²) in [6.45, 7) is 4.34. The number of benzene rings is 1. The summed E-state index contributed by atoms with van der Waals surface area (Å²) in [6, 6.07) is 8.53. The van der Waals surface area contributed by atoms with Crippen LogP contribution in [0.4, 0.5) is 0 Å². The maximum atomic E-state index is 11.3. The predicted molar refractivity (Wildman–Crippen MR) is 69.8 cm³/mol. The summed E-state index contributed by atoms with van der Waals surface area (Å²) in [7, 11) is -2.76. The first-order chi connectivity index (χ1) is 8.09. The maximum Gasteiger partial charge on any atom is 0.152 e. The van der Waals surface area contributed by atoms with Gasteiger partial charge in [-0.3, -0.25) is 4.90 Å². The molecule has 0 N–H and O–H groups in total. The van der Waals surface area contributed by atoms with Crippen LogP contribution in [0.5, 0.6) is 0 Å². The molecule has 1 saturated heterocycles. The predicted octanol–water partition coefficient (Wildman–Crippen LogP) is 1.48. The summed E-state index contributed by atoms with van der Waals surface area (Å²) in [5.41, 5.74) is 2.62. The van der Waals surface area contributed by atoms with Gasteiger partial charge in [-0.05, 0) is 17.5 Å². The van der Waals surface area contributed by atoms with Gasteiger partial charge in [0.1, 0.15) is 0 Å². The molecule has 3 nitrogen and oxygen atoms in total. The lowest BCUT2D eigenvalue weighted by molar-refractivity contribution is 0.287. The highest BCUT2D eigenvalue weighted by molar-refractivity contribution is 7.91. The zero-order chi connectivity index (χ0) is 12.3. The molecule has 2 rings (SSSR count). The molecule has 0 saturated carbocycles. The number of rotatable bonds is 3. The summed E-state index contributed by atoms with van der Waals surface area (Å²) in [5.74, 6) is 0.612. The van der Waals surface area contributed by atoms with Crippen LogP contribution in [0.1, 0.15) is 18.1 Å². The van der Waals surface area contributed by atoms with Gasteiger partial charge >= 0.3 is 0 Å². The van der Waals surface area contributed by atoms with E-state index in [1.807, 2.05) is 0 Å². The molecular weight excluding hydrogens is 234 g/mol. The molecular formula is C13H19NO2S. The van der Waals surface area contributed by atoms with Gasteiger partial charge in [-0.15, -0.1) is 0 Å². The third kappa shape index (κ3) is 3.54. The molecule has 94 valence electrons. The van der Waals surface area contributed by atoms with Crippen molar-refractivity contribution in [3.8, 4) is 0 Å². The van der Waals surface area contributed by atoms with E-state index in [0.717, 1.165) is 13.0 Å². The highest BCUT2D eigenvalue weighted by Gasteiger charge is 2.21. The van der Waals surface area contributed by atoms with Gasteiger partial charge < -0.3 is 0 Å². The van der Waals surface area contributed by atoms with Crippen molar-refractivity contribution in [2.24, 2.45) is 0 Å². The third-order valence-corrected chi connectivity index (χ3v) is 4.85. The van der Waals surface area contributed by atoms with Crippen LogP contribution in [0, 0.1) is 0 Å². The summed E-state index contributed by atoms with van der Waals surface area (Å²) in [5, 5.41) is 0. The number of nitrogens with zero attached hydrogens (tertiary/aromatic N) is 1. The quantitative estimate of drug-likeness (QED) is 0.819. The molecule has 0 atom stereocenters. The standard InChI is InChI=1S/C13H19NO2S/c1-2-12-4-3-5-13(10-12)11-14-6-8-17(15,16)9-7-14/h3-5,10H,2,6-9,11H2,1H3. The zero-order valence-electron chi connectivity index (χ0n) is 10.2.